The van der Waals surface area contributed by atoms with E-state index in [2.05, 4.69) is 37.9 Å². The molecule has 3 nitrogen and oxygen atoms in total. The van der Waals surface area contributed by atoms with Gasteiger partial charge >= 0.3 is 5.97 Å². The van der Waals surface area contributed by atoms with Crippen LogP contribution in [0.2, 0.25) is 19.6 Å². The summed E-state index contributed by atoms with van der Waals surface area (Å²) in [6.45, 7) is 9.04. The van der Waals surface area contributed by atoms with Crippen molar-refractivity contribution in [3.8, 4) is 0 Å². The number of esters is 1. The Morgan fingerprint density at radius 3 is 2.78 bits per heavy atom. The van der Waals surface area contributed by atoms with Gasteiger partial charge in [-0.1, -0.05) is 43.1 Å². The summed E-state index contributed by atoms with van der Waals surface area (Å²) in [7, 11) is -1.48. The van der Waals surface area contributed by atoms with E-state index in [-0.39, 0.29) is 11.4 Å². The van der Waals surface area contributed by atoms with Gasteiger partial charge in [0.2, 0.25) is 0 Å². The van der Waals surface area contributed by atoms with Crippen LogP contribution in [0.4, 0.5) is 0 Å². The summed E-state index contributed by atoms with van der Waals surface area (Å²) in [4.78, 5) is 11.4. The molecule has 0 radical (unpaired) electrons. The Bertz CT molecular complexity index is 578. The summed E-state index contributed by atoms with van der Waals surface area (Å²) in [6, 6.07) is 3.95. The van der Waals surface area contributed by atoms with E-state index in [4.69, 9.17) is 9.15 Å². The molecule has 23 heavy (non-hydrogen) atoms. The lowest BCUT2D eigenvalue weighted by molar-refractivity contribution is -0.143. The Morgan fingerprint density at radius 1 is 1.39 bits per heavy atom. The number of furan rings is 1. The monoisotopic (exact) mass is 332 g/mol. The fourth-order valence-electron chi connectivity index (χ4n) is 3.50. The maximum Gasteiger partial charge on any atom is 0.302 e. The molecule has 0 fully saturated rings. The van der Waals surface area contributed by atoms with Crippen molar-refractivity contribution in [1.82, 2.24) is 0 Å². The molecule has 126 valence electrons. The molecule has 0 bridgehead atoms. The summed E-state index contributed by atoms with van der Waals surface area (Å²) in [5.74, 6) is 0.815. The zero-order chi connectivity index (χ0) is 16.9. The number of carbonyl (C=O) groups is 1. The van der Waals surface area contributed by atoms with Crippen molar-refractivity contribution < 1.29 is 13.9 Å². The second kappa shape index (κ2) is 7.34. The highest BCUT2D eigenvalue weighted by Gasteiger charge is 2.40. The number of ether oxygens (including phenoxy) is 1. The van der Waals surface area contributed by atoms with Crippen LogP contribution in [-0.4, -0.2) is 20.7 Å². The predicted octanol–water partition coefficient (Wildman–Crippen LogP) is 4.92. The number of hydrogen-bond donors (Lipinski definition) is 0. The van der Waals surface area contributed by atoms with Crippen LogP contribution in [0.1, 0.15) is 31.9 Å². The van der Waals surface area contributed by atoms with Crippen molar-refractivity contribution in [2.24, 2.45) is 5.41 Å². The van der Waals surface area contributed by atoms with Crippen molar-refractivity contribution in [2.75, 3.05) is 6.61 Å². The molecule has 1 heterocycles. The fraction of sp³-hybridized carbons (Fsp3) is 0.526. The molecule has 0 saturated heterocycles. The van der Waals surface area contributed by atoms with Gasteiger partial charge in [0.25, 0.3) is 0 Å². The molecule has 0 amide bonds. The SMILES string of the molecule is CC(=O)OCC1(CCCc2ccco2)C=CCC=C1[Si](C)(C)C. The van der Waals surface area contributed by atoms with Gasteiger partial charge in [-0.05, 0) is 31.4 Å². The van der Waals surface area contributed by atoms with Crippen LogP contribution in [0.3, 0.4) is 0 Å². The van der Waals surface area contributed by atoms with Gasteiger partial charge in [0.15, 0.2) is 0 Å². The quantitative estimate of drug-likeness (QED) is 0.404. The van der Waals surface area contributed by atoms with Gasteiger partial charge in [-0.25, -0.2) is 0 Å². The molecule has 0 saturated carbocycles. The molecule has 0 N–H and O–H groups in total. The van der Waals surface area contributed by atoms with Gasteiger partial charge in [0.1, 0.15) is 12.4 Å². The lowest BCUT2D eigenvalue weighted by Crippen LogP contribution is -2.41. The van der Waals surface area contributed by atoms with Crippen molar-refractivity contribution in [3.05, 3.63) is 47.6 Å². The van der Waals surface area contributed by atoms with E-state index in [0.717, 1.165) is 31.4 Å². The van der Waals surface area contributed by atoms with E-state index in [1.165, 1.54) is 12.1 Å². The summed E-state index contributed by atoms with van der Waals surface area (Å²) in [6.07, 6.45) is 12.5. The number of allylic oxidation sites excluding steroid dienone is 2. The average Bonchev–Trinajstić information content (AvgIpc) is 2.98. The third kappa shape index (κ3) is 4.71. The smallest absolute Gasteiger partial charge is 0.302 e. The Morgan fingerprint density at radius 2 is 2.17 bits per heavy atom. The van der Waals surface area contributed by atoms with Gasteiger partial charge in [0.05, 0.1) is 14.3 Å². The van der Waals surface area contributed by atoms with E-state index in [1.807, 2.05) is 12.1 Å². The van der Waals surface area contributed by atoms with Crippen LogP contribution in [-0.2, 0) is 16.0 Å². The van der Waals surface area contributed by atoms with E-state index >= 15 is 0 Å². The molecule has 1 atom stereocenters. The zero-order valence-corrected chi connectivity index (χ0v) is 15.7. The molecule has 0 aliphatic heterocycles. The highest BCUT2D eigenvalue weighted by molar-refractivity contribution is 6.83. The Hall–Kier alpha value is -1.55. The van der Waals surface area contributed by atoms with Crippen molar-refractivity contribution in [1.29, 1.82) is 0 Å². The topological polar surface area (TPSA) is 39.4 Å². The summed E-state index contributed by atoms with van der Waals surface area (Å²) >= 11 is 0. The highest BCUT2D eigenvalue weighted by Crippen LogP contribution is 2.43. The first-order valence-electron chi connectivity index (χ1n) is 8.38. The van der Waals surface area contributed by atoms with Gasteiger partial charge < -0.3 is 9.15 Å². The van der Waals surface area contributed by atoms with Crippen LogP contribution < -0.4 is 0 Å². The Labute approximate surface area is 140 Å². The van der Waals surface area contributed by atoms with Gasteiger partial charge in [-0.2, -0.15) is 0 Å². The second-order valence-corrected chi connectivity index (χ2v) is 12.4. The van der Waals surface area contributed by atoms with Crippen molar-refractivity contribution >= 4 is 14.0 Å². The Balaban J connectivity index is 2.16. The van der Waals surface area contributed by atoms with Crippen LogP contribution in [0.25, 0.3) is 0 Å². The normalized spacial score (nSPS) is 21.1. The van der Waals surface area contributed by atoms with Crippen molar-refractivity contribution in [3.63, 3.8) is 0 Å². The third-order valence-electron chi connectivity index (χ3n) is 4.40. The molecular formula is C19H28O3Si. The summed E-state index contributed by atoms with van der Waals surface area (Å²) < 4.78 is 10.9. The minimum absolute atomic E-state index is 0.138. The molecule has 0 aromatic carbocycles. The molecule has 1 aliphatic carbocycles. The number of rotatable bonds is 7. The molecular weight excluding hydrogens is 304 g/mol. The number of hydrogen-bond acceptors (Lipinski definition) is 3. The van der Waals surface area contributed by atoms with Gasteiger partial charge in [0, 0.05) is 18.8 Å². The van der Waals surface area contributed by atoms with E-state index < -0.39 is 8.07 Å². The minimum atomic E-state index is -1.48. The lowest BCUT2D eigenvalue weighted by atomic mass is 9.79. The van der Waals surface area contributed by atoms with Gasteiger partial charge in [-0.15, -0.1) is 0 Å². The van der Waals surface area contributed by atoms with E-state index in [1.54, 1.807) is 6.26 Å². The fourth-order valence-corrected chi connectivity index (χ4v) is 6.01. The second-order valence-electron chi connectivity index (χ2n) is 7.38. The highest BCUT2D eigenvalue weighted by atomic mass is 28.3. The standard InChI is InChI=1S/C19H28O3Si/c1-16(20)22-15-19(13-7-9-17-10-8-14-21-17)12-6-5-11-18(19)23(2,3)4/h6,8,10-12,14H,5,7,9,13,15H2,1-4H3. The van der Waals surface area contributed by atoms with E-state index in [0.29, 0.717) is 6.61 Å². The summed E-state index contributed by atoms with van der Waals surface area (Å²) in [5.41, 5.74) is -0.138. The van der Waals surface area contributed by atoms with Gasteiger partial charge in [-0.3, -0.25) is 4.79 Å². The number of carbonyl (C=O) groups excluding carboxylic acids is 1. The van der Waals surface area contributed by atoms with Crippen LogP contribution >= 0.6 is 0 Å². The molecule has 1 aliphatic rings. The molecule has 1 aromatic heterocycles. The molecule has 1 unspecified atom stereocenters. The largest absolute Gasteiger partial charge is 0.469 e. The van der Waals surface area contributed by atoms with E-state index in [9.17, 15) is 4.79 Å². The maximum atomic E-state index is 11.4. The Kier molecular flexibility index (Phi) is 5.68. The number of aryl methyl sites for hydroxylation is 1. The predicted molar refractivity (Wildman–Crippen MR) is 95.9 cm³/mol. The lowest BCUT2D eigenvalue weighted by Gasteiger charge is -2.41. The molecule has 1 aromatic rings. The zero-order valence-electron chi connectivity index (χ0n) is 14.7. The first-order valence-corrected chi connectivity index (χ1v) is 11.9. The first-order chi connectivity index (χ1) is 10.8. The third-order valence-corrected chi connectivity index (χ3v) is 6.72. The molecule has 2 rings (SSSR count). The summed E-state index contributed by atoms with van der Waals surface area (Å²) in [5, 5.41) is 1.51. The molecule has 0 spiro atoms. The van der Waals surface area contributed by atoms with Crippen LogP contribution in [0, 0.1) is 5.41 Å². The maximum absolute atomic E-state index is 11.4. The van der Waals surface area contributed by atoms with Crippen LogP contribution in [0.15, 0.2) is 46.2 Å². The van der Waals surface area contributed by atoms with Crippen LogP contribution in [0.5, 0.6) is 0 Å². The first kappa shape index (κ1) is 17.8. The van der Waals surface area contributed by atoms with Crippen molar-refractivity contribution in [2.45, 2.75) is 52.2 Å². The minimum Gasteiger partial charge on any atom is -0.469 e. The average molecular weight is 333 g/mol. The molecule has 4 heteroatoms.